The summed E-state index contributed by atoms with van der Waals surface area (Å²) in [5.74, 6) is 0.519. The Bertz CT molecular complexity index is 755. The number of nitrogens with one attached hydrogen (secondary N) is 1. The zero-order valence-electron chi connectivity index (χ0n) is 16.0. The van der Waals surface area contributed by atoms with Gasteiger partial charge in [-0.2, -0.15) is 5.10 Å². The minimum Gasteiger partial charge on any atom is -0.374 e. The van der Waals surface area contributed by atoms with Gasteiger partial charge in [0.05, 0.1) is 24.6 Å². The van der Waals surface area contributed by atoms with Crippen LogP contribution in [0.1, 0.15) is 19.4 Å². The highest BCUT2D eigenvalue weighted by atomic mass is 16.5. The minimum absolute atomic E-state index is 0.0516. The quantitative estimate of drug-likeness (QED) is 0.762. The molecule has 1 aromatic carbocycles. The summed E-state index contributed by atoms with van der Waals surface area (Å²) in [5, 5.41) is 7.25. The monoisotopic (exact) mass is 368 g/mol. The van der Waals surface area contributed by atoms with Gasteiger partial charge in [-0.1, -0.05) is 32.0 Å². The minimum atomic E-state index is -0.118. The molecule has 1 aliphatic rings. The normalized spacial score (nSPS) is 18.3. The van der Waals surface area contributed by atoms with Crippen molar-refractivity contribution in [3.05, 3.63) is 54.4 Å². The molecule has 6 nitrogen and oxygen atoms in total. The molecule has 0 aliphatic carbocycles. The summed E-state index contributed by atoms with van der Waals surface area (Å²) in [6.45, 7) is 8.59. The molecular formula is C21H28N4O2. The molecule has 0 bridgehead atoms. The first-order valence-electron chi connectivity index (χ1n) is 9.50. The van der Waals surface area contributed by atoms with Crippen LogP contribution in [0.25, 0.3) is 11.8 Å². The number of morpholine rings is 1. The first-order valence-corrected chi connectivity index (χ1v) is 9.50. The lowest BCUT2D eigenvalue weighted by molar-refractivity contribution is -0.117. The highest BCUT2D eigenvalue weighted by molar-refractivity contribution is 5.91. The molecule has 6 heteroatoms. The fourth-order valence-corrected chi connectivity index (χ4v) is 3.18. The van der Waals surface area contributed by atoms with E-state index < -0.39 is 0 Å². The first-order chi connectivity index (χ1) is 13.1. The maximum atomic E-state index is 12.1. The maximum Gasteiger partial charge on any atom is 0.244 e. The van der Waals surface area contributed by atoms with E-state index in [1.807, 2.05) is 36.5 Å². The summed E-state index contributed by atoms with van der Waals surface area (Å²) in [4.78, 5) is 14.5. The van der Waals surface area contributed by atoms with Crippen LogP contribution in [0.3, 0.4) is 0 Å². The molecule has 1 N–H and O–H groups in total. The Hall–Kier alpha value is -2.44. The van der Waals surface area contributed by atoms with Crippen molar-refractivity contribution < 1.29 is 9.53 Å². The van der Waals surface area contributed by atoms with Crippen LogP contribution in [0.5, 0.6) is 0 Å². The highest BCUT2D eigenvalue weighted by Gasteiger charge is 2.21. The first kappa shape index (κ1) is 19.3. The number of carbonyl (C=O) groups is 1. The van der Waals surface area contributed by atoms with Crippen molar-refractivity contribution in [1.82, 2.24) is 20.0 Å². The van der Waals surface area contributed by atoms with E-state index in [-0.39, 0.29) is 12.0 Å². The Kier molecular flexibility index (Phi) is 6.79. The van der Waals surface area contributed by atoms with E-state index in [1.54, 1.807) is 23.0 Å². The molecule has 1 aliphatic heterocycles. The third kappa shape index (κ3) is 6.05. The predicted octanol–water partition coefficient (Wildman–Crippen LogP) is 2.36. The molecule has 2 aromatic rings. The molecule has 0 saturated carbocycles. The molecule has 1 aromatic heterocycles. The van der Waals surface area contributed by atoms with Crippen molar-refractivity contribution >= 4 is 12.0 Å². The summed E-state index contributed by atoms with van der Waals surface area (Å²) < 4.78 is 7.55. The number of carbonyl (C=O) groups excluding carboxylic acids is 1. The van der Waals surface area contributed by atoms with Crippen LogP contribution in [0.2, 0.25) is 0 Å². The third-order valence-corrected chi connectivity index (χ3v) is 4.40. The van der Waals surface area contributed by atoms with Crippen molar-refractivity contribution in [3.63, 3.8) is 0 Å². The average molecular weight is 368 g/mol. The van der Waals surface area contributed by atoms with Crippen LogP contribution in [-0.4, -0.2) is 59.5 Å². The number of para-hydroxylation sites is 1. The summed E-state index contributed by atoms with van der Waals surface area (Å²) in [6, 6.07) is 9.88. The summed E-state index contributed by atoms with van der Waals surface area (Å²) >= 11 is 0. The molecule has 1 atom stereocenters. The Balaban J connectivity index is 1.46. The molecule has 3 rings (SSSR count). The second-order valence-electron chi connectivity index (χ2n) is 7.28. The standard InChI is InChI=1S/C21H28N4O2/c1-17(2)14-24-10-11-27-20(16-24)13-22-21(26)9-8-18-12-23-25(15-18)19-6-4-3-5-7-19/h3-9,12,15,17,20H,10-11,13-14,16H2,1-2H3,(H,22,26)/b9-8+. The lowest BCUT2D eigenvalue weighted by Gasteiger charge is -2.33. The highest BCUT2D eigenvalue weighted by Crippen LogP contribution is 2.09. The van der Waals surface area contributed by atoms with Gasteiger partial charge in [-0.05, 0) is 24.1 Å². The number of aromatic nitrogens is 2. The average Bonchev–Trinajstić information content (AvgIpc) is 3.14. The van der Waals surface area contributed by atoms with Gasteiger partial charge >= 0.3 is 0 Å². The number of ether oxygens (including phenoxy) is 1. The number of nitrogens with zero attached hydrogens (tertiary/aromatic N) is 3. The summed E-state index contributed by atoms with van der Waals surface area (Å²) in [5.41, 5.74) is 1.87. The van der Waals surface area contributed by atoms with Crippen LogP contribution in [0.15, 0.2) is 48.8 Å². The molecule has 0 spiro atoms. The van der Waals surface area contributed by atoms with Crippen LogP contribution >= 0.6 is 0 Å². The van der Waals surface area contributed by atoms with Gasteiger partial charge in [-0.3, -0.25) is 9.69 Å². The van der Waals surface area contributed by atoms with E-state index in [2.05, 4.69) is 29.2 Å². The smallest absolute Gasteiger partial charge is 0.244 e. The van der Waals surface area contributed by atoms with Crippen molar-refractivity contribution in [1.29, 1.82) is 0 Å². The van der Waals surface area contributed by atoms with E-state index in [4.69, 9.17) is 4.74 Å². The zero-order valence-corrected chi connectivity index (χ0v) is 16.0. The number of rotatable bonds is 7. The molecule has 0 radical (unpaired) electrons. The molecule has 1 unspecified atom stereocenters. The molecule has 1 saturated heterocycles. The second-order valence-corrected chi connectivity index (χ2v) is 7.28. The van der Waals surface area contributed by atoms with Crippen molar-refractivity contribution in [3.8, 4) is 5.69 Å². The molecule has 144 valence electrons. The molecule has 1 amide bonds. The number of benzene rings is 1. The molecular weight excluding hydrogens is 340 g/mol. The topological polar surface area (TPSA) is 59.4 Å². The third-order valence-electron chi connectivity index (χ3n) is 4.40. The Morgan fingerprint density at radius 1 is 1.37 bits per heavy atom. The van der Waals surface area contributed by atoms with Crippen LogP contribution < -0.4 is 5.32 Å². The van der Waals surface area contributed by atoms with Gasteiger partial charge in [0.1, 0.15) is 0 Å². The molecule has 27 heavy (non-hydrogen) atoms. The van der Waals surface area contributed by atoms with Crippen molar-refractivity contribution in [2.75, 3.05) is 32.8 Å². The Morgan fingerprint density at radius 2 is 2.19 bits per heavy atom. The predicted molar refractivity (Wildman–Crippen MR) is 107 cm³/mol. The molecule has 1 fully saturated rings. The fraction of sp³-hybridized carbons (Fsp3) is 0.429. The number of hydrogen-bond donors (Lipinski definition) is 1. The maximum absolute atomic E-state index is 12.1. The van der Waals surface area contributed by atoms with E-state index in [0.717, 1.165) is 37.5 Å². The van der Waals surface area contributed by atoms with Gasteiger partial charge < -0.3 is 10.1 Å². The fourth-order valence-electron chi connectivity index (χ4n) is 3.18. The number of hydrogen-bond acceptors (Lipinski definition) is 4. The van der Waals surface area contributed by atoms with Gasteiger partial charge in [0.15, 0.2) is 0 Å². The van der Waals surface area contributed by atoms with E-state index >= 15 is 0 Å². The lowest BCUT2D eigenvalue weighted by Crippen LogP contribution is -2.48. The van der Waals surface area contributed by atoms with Gasteiger partial charge in [0.25, 0.3) is 0 Å². The van der Waals surface area contributed by atoms with E-state index in [0.29, 0.717) is 12.5 Å². The zero-order chi connectivity index (χ0) is 19.1. The summed E-state index contributed by atoms with van der Waals surface area (Å²) in [7, 11) is 0. The summed E-state index contributed by atoms with van der Waals surface area (Å²) in [6.07, 6.45) is 7.00. The second kappa shape index (κ2) is 9.48. The van der Waals surface area contributed by atoms with Gasteiger partial charge in [0, 0.05) is 44.0 Å². The van der Waals surface area contributed by atoms with E-state index in [9.17, 15) is 4.79 Å². The van der Waals surface area contributed by atoms with Gasteiger partial charge in [-0.25, -0.2) is 4.68 Å². The molecule has 2 heterocycles. The van der Waals surface area contributed by atoms with E-state index in [1.165, 1.54) is 0 Å². The Labute approximate surface area is 160 Å². The Morgan fingerprint density at radius 3 is 2.96 bits per heavy atom. The van der Waals surface area contributed by atoms with Crippen molar-refractivity contribution in [2.24, 2.45) is 5.92 Å². The lowest BCUT2D eigenvalue weighted by atomic mass is 10.2. The number of amides is 1. The van der Waals surface area contributed by atoms with Gasteiger partial charge in [-0.15, -0.1) is 0 Å². The van der Waals surface area contributed by atoms with Gasteiger partial charge in [0.2, 0.25) is 5.91 Å². The van der Waals surface area contributed by atoms with Crippen LogP contribution in [-0.2, 0) is 9.53 Å². The van der Waals surface area contributed by atoms with Crippen LogP contribution in [0, 0.1) is 5.92 Å². The largest absolute Gasteiger partial charge is 0.374 e. The van der Waals surface area contributed by atoms with Crippen molar-refractivity contribution in [2.45, 2.75) is 20.0 Å². The SMILES string of the molecule is CC(C)CN1CCOC(CNC(=O)/C=C/c2cnn(-c3ccccc3)c2)C1. The van der Waals surface area contributed by atoms with Crippen LogP contribution in [0.4, 0.5) is 0 Å².